The predicted octanol–water partition coefficient (Wildman–Crippen LogP) is 1.17. The van der Waals surface area contributed by atoms with Gasteiger partial charge in [0.1, 0.15) is 5.56 Å². The lowest BCUT2D eigenvalue weighted by Crippen LogP contribution is -2.58. The Morgan fingerprint density at radius 1 is 1.08 bits per heavy atom. The van der Waals surface area contributed by atoms with Crippen molar-refractivity contribution in [3.63, 3.8) is 0 Å². The number of pyridine rings is 1. The number of piperidine rings is 1. The van der Waals surface area contributed by atoms with Gasteiger partial charge < -0.3 is 25.6 Å². The molecule has 3 saturated heterocycles. The van der Waals surface area contributed by atoms with Gasteiger partial charge in [-0.3, -0.25) is 19.5 Å². The number of aryl methyl sites for hydroxylation is 1. The van der Waals surface area contributed by atoms with Crippen LogP contribution in [0.15, 0.2) is 24.8 Å². The van der Waals surface area contributed by atoms with Crippen molar-refractivity contribution >= 4 is 34.7 Å². The number of hydrogen-bond acceptors (Lipinski definition) is 9. The van der Waals surface area contributed by atoms with Crippen molar-refractivity contribution in [3.05, 3.63) is 41.7 Å². The Bertz CT molecular complexity index is 1390. The van der Waals surface area contributed by atoms with Crippen LogP contribution in [-0.4, -0.2) is 99.7 Å². The van der Waals surface area contributed by atoms with Gasteiger partial charge in [-0.1, -0.05) is 0 Å². The molecular weight excluding hydrogens is 505 g/mol. The van der Waals surface area contributed by atoms with Crippen LogP contribution in [0.4, 0.5) is 21.6 Å². The molecule has 0 radical (unpaired) electrons. The van der Waals surface area contributed by atoms with Crippen LogP contribution < -0.4 is 16.0 Å². The van der Waals surface area contributed by atoms with E-state index < -0.39 is 11.7 Å². The molecule has 0 aliphatic carbocycles. The molecule has 2 amide bonds. The minimum absolute atomic E-state index is 0.00919. The van der Waals surface area contributed by atoms with Crippen molar-refractivity contribution in [3.8, 4) is 0 Å². The van der Waals surface area contributed by atoms with Crippen LogP contribution in [0.3, 0.4) is 0 Å². The molecule has 0 bridgehead atoms. The first-order chi connectivity index (χ1) is 18.9. The molecule has 13 heteroatoms. The highest BCUT2D eigenvalue weighted by Crippen LogP contribution is 2.34. The average molecular weight is 538 g/mol. The Kier molecular flexibility index (Phi) is 6.77. The number of piperazine rings is 1. The summed E-state index contributed by atoms with van der Waals surface area (Å²) in [7, 11) is 0. The van der Waals surface area contributed by atoms with E-state index in [4.69, 9.17) is 10.5 Å². The summed E-state index contributed by atoms with van der Waals surface area (Å²) in [5, 5.41) is 6.92. The van der Waals surface area contributed by atoms with E-state index in [1.807, 2.05) is 11.8 Å². The molecule has 3 N–H and O–H groups in total. The third-order valence-corrected chi connectivity index (χ3v) is 7.97. The van der Waals surface area contributed by atoms with E-state index in [9.17, 15) is 14.0 Å². The van der Waals surface area contributed by atoms with Crippen LogP contribution in [0.1, 0.15) is 28.8 Å². The molecule has 3 aromatic rings. The van der Waals surface area contributed by atoms with Gasteiger partial charge in [0.2, 0.25) is 5.91 Å². The standard InChI is InChI=1S/C26H32FN9O3/c1-16-10-29-12-20(31-25(37)21-23(28)32-36-13-18(27)11-30-24(21)36)22(16)34-4-2-17(3-5-34)26(38)35-8-6-33(7-9-35)19-14-39-15-19/h10-13,17,19H,2-9,14-15H2,1H3,(H2,28,32)(H,31,37). The SMILES string of the molecule is Cc1cncc(NC(=O)c2c(N)nn3cc(F)cnc23)c1N1CCC(C(=O)N2CCN(C3COC3)CC2)CC1. The van der Waals surface area contributed by atoms with Crippen LogP contribution in [-0.2, 0) is 9.53 Å². The first-order valence-electron chi connectivity index (χ1n) is 13.3. The topological polar surface area (TPSA) is 134 Å². The highest BCUT2D eigenvalue weighted by atomic mass is 19.1. The zero-order valence-electron chi connectivity index (χ0n) is 21.8. The van der Waals surface area contributed by atoms with Crippen molar-refractivity contribution in [1.29, 1.82) is 0 Å². The van der Waals surface area contributed by atoms with E-state index in [1.165, 1.54) is 0 Å². The van der Waals surface area contributed by atoms with Gasteiger partial charge in [0, 0.05) is 51.4 Å². The van der Waals surface area contributed by atoms with Gasteiger partial charge >= 0.3 is 0 Å². The molecule has 6 heterocycles. The van der Waals surface area contributed by atoms with Gasteiger partial charge in [-0.15, -0.1) is 5.10 Å². The lowest BCUT2D eigenvalue weighted by molar-refractivity contribution is -0.140. The maximum Gasteiger partial charge on any atom is 0.263 e. The smallest absolute Gasteiger partial charge is 0.263 e. The summed E-state index contributed by atoms with van der Waals surface area (Å²) < 4.78 is 20.0. The number of rotatable bonds is 5. The Labute approximate surface area is 224 Å². The Hall–Kier alpha value is -3.84. The minimum atomic E-state index is -0.588. The number of nitrogens with one attached hydrogen (secondary N) is 1. The second kappa shape index (κ2) is 10.4. The summed E-state index contributed by atoms with van der Waals surface area (Å²) in [4.78, 5) is 41.4. The molecule has 3 aromatic heterocycles. The predicted molar refractivity (Wildman–Crippen MR) is 142 cm³/mol. The molecule has 0 aromatic carbocycles. The number of nitrogens with zero attached hydrogens (tertiary/aromatic N) is 7. The molecule has 6 rings (SSSR count). The molecular formula is C26H32FN9O3. The van der Waals surface area contributed by atoms with E-state index in [0.29, 0.717) is 24.8 Å². The molecule has 3 fully saturated rings. The largest absolute Gasteiger partial charge is 0.381 e. The van der Waals surface area contributed by atoms with Crippen LogP contribution in [0.5, 0.6) is 0 Å². The number of fused-ring (bicyclic) bond motifs is 1. The molecule has 0 saturated carbocycles. The Balaban J connectivity index is 1.12. The average Bonchev–Trinajstić information content (AvgIpc) is 3.23. The Morgan fingerprint density at radius 3 is 2.51 bits per heavy atom. The third kappa shape index (κ3) is 4.87. The summed E-state index contributed by atoms with van der Waals surface area (Å²) in [5.74, 6) is -0.909. The number of carbonyl (C=O) groups is 2. The molecule has 0 spiro atoms. The fourth-order valence-electron chi connectivity index (χ4n) is 5.75. The van der Waals surface area contributed by atoms with E-state index in [1.54, 1.807) is 12.4 Å². The molecule has 0 atom stereocenters. The van der Waals surface area contributed by atoms with Gasteiger partial charge in [-0.2, -0.15) is 0 Å². The van der Waals surface area contributed by atoms with Crippen LogP contribution in [0.25, 0.3) is 5.65 Å². The monoisotopic (exact) mass is 537 g/mol. The van der Waals surface area contributed by atoms with Gasteiger partial charge in [-0.05, 0) is 25.3 Å². The fourth-order valence-corrected chi connectivity index (χ4v) is 5.75. The van der Waals surface area contributed by atoms with E-state index >= 15 is 0 Å². The van der Waals surface area contributed by atoms with Gasteiger partial charge in [0.15, 0.2) is 17.3 Å². The molecule has 206 valence electrons. The molecule has 3 aliphatic heterocycles. The highest BCUT2D eigenvalue weighted by Gasteiger charge is 2.34. The van der Waals surface area contributed by atoms with Crippen molar-refractivity contribution in [2.24, 2.45) is 5.92 Å². The number of ether oxygens (including phenoxy) is 1. The fraction of sp³-hybridized carbons (Fsp3) is 0.500. The summed E-state index contributed by atoms with van der Waals surface area (Å²) in [6.45, 7) is 8.24. The summed E-state index contributed by atoms with van der Waals surface area (Å²) in [6.07, 6.45) is 6.95. The number of aromatic nitrogens is 4. The summed E-state index contributed by atoms with van der Waals surface area (Å²) >= 11 is 0. The number of anilines is 3. The van der Waals surface area contributed by atoms with E-state index in [2.05, 4.69) is 30.2 Å². The van der Waals surface area contributed by atoms with Gasteiger partial charge in [-0.25, -0.2) is 13.9 Å². The second-order valence-electron chi connectivity index (χ2n) is 10.4. The zero-order chi connectivity index (χ0) is 27.1. The number of nitrogens with two attached hydrogens (primary N) is 1. The van der Waals surface area contributed by atoms with Gasteiger partial charge in [0.25, 0.3) is 5.91 Å². The number of amides is 2. The van der Waals surface area contributed by atoms with Gasteiger partial charge in [0.05, 0.1) is 49.2 Å². The summed E-state index contributed by atoms with van der Waals surface area (Å²) in [5.41, 5.74) is 8.50. The summed E-state index contributed by atoms with van der Waals surface area (Å²) in [6, 6.07) is 0.507. The van der Waals surface area contributed by atoms with Crippen LogP contribution in [0, 0.1) is 18.7 Å². The first kappa shape index (κ1) is 25.4. The third-order valence-electron chi connectivity index (χ3n) is 7.97. The lowest BCUT2D eigenvalue weighted by Gasteiger charge is -2.44. The van der Waals surface area contributed by atoms with Crippen LogP contribution >= 0.6 is 0 Å². The number of hydrogen-bond donors (Lipinski definition) is 2. The lowest BCUT2D eigenvalue weighted by atomic mass is 9.94. The second-order valence-corrected chi connectivity index (χ2v) is 10.4. The van der Waals surface area contributed by atoms with Crippen molar-refractivity contribution in [2.45, 2.75) is 25.8 Å². The molecule has 3 aliphatic rings. The molecule has 12 nitrogen and oxygen atoms in total. The Morgan fingerprint density at radius 2 is 1.82 bits per heavy atom. The van der Waals surface area contributed by atoms with E-state index in [-0.39, 0.29) is 28.9 Å². The maximum atomic E-state index is 13.6. The normalized spacial score (nSPS) is 19.3. The molecule has 39 heavy (non-hydrogen) atoms. The van der Waals surface area contributed by atoms with Crippen molar-refractivity contribution in [1.82, 2.24) is 29.4 Å². The quantitative estimate of drug-likeness (QED) is 0.492. The maximum absolute atomic E-state index is 13.6. The van der Waals surface area contributed by atoms with Crippen molar-refractivity contribution < 1.29 is 18.7 Å². The number of carbonyl (C=O) groups excluding carboxylic acids is 2. The first-order valence-corrected chi connectivity index (χ1v) is 13.3. The number of halogens is 1. The van der Waals surface area contributed by atoms with E-state index in [0.717, 1.165) is 80.4 Å². The highest BCUT2D eigenvalue weighted by molar-refractivity contribution is 6.12. The number of nitrogen functional groups attached to an aromatic ring is 1. The minimum Gasteiger partial charge on any atom is -0.381 e. The zero-order valence-corrected chi connectivity index (χ0v) is 21.8. The van der Waals surface area contributed by atoms with Crippen molar-refractivity contribution in [2.75, 3.05) is 68.4 Å². The molecule has 0 unspecified atom stereocenters. The van der Waals surface area contributed by atoms with Crippen LogP contribution in [0.2, 0.25) is 0 Å².